The summed E-state index contributed by atoms with van der Waals surface area (Å²) >= 11 is 3.13. The van der Waals surface area contributed by atoms with E-state index in [1.807, 2.05) is 0 Å². The van der Waals surface area contributed by atoms with E-state index in [0.29, 0.717) is 17.8 Å². The molecule has 18 heavy (non-hydrogen) atoms. The van der Waals surface area contributed by atoms with Crippen molar-refractivity contribution in [3.05, 3.63) is 29.8 Å². The molecule has 1 rings (SSSR count). The summed E-state index contributed by atoms with van der Waals surface area (Å²) in [6.45, 7) is 0.170. The first-order valence-electron chi connectivity index (χ1n) is 5.00. The van der Waals surface area contributed by atoms with Crippen LogP contribution in [-0.4, -0.2) is 20.3 Å². The maximum Gasteiger partial charge on any atom is 0.416 e. The van der Waals surface area contributed by atoms with Gasteiger partial charge in [-0.1, -0.05) is 22.0 Å². The van der Waals surface area contributed by atoms with Gasteiger partial charge in [0.15, 0.2) is 0 Å². The molecule has 1 aromatic rings. The molecule has 0 aromatic heterocycles. The third kappa shape index (κ3) is 4.25. The average Bonchev–Trinajstić information content (AvgIpc) is 2.28. The highest BCUT2D eigenvalue weighted by Crippen LogP contribution is 2.30. The third-order valence-corrected chi connectivity index (χ3v) is 4.09. The van der Waals surface area contributed by atoms with Crippen LogP contribution in [0.1, 0.15) is 12.0 Å². The van der Waals surface area contributed by atoms with Crippen LogP contribution in [0.4, 0.5) is 13.2 Å². The summed E-state index contributed by atoms with van der Waals surface area (Å²) in [5, 5.41) is 0.609. The molecular formula is C10H11BrF3NO2S. The van der Waals surface area contributed by atoms with Crippen molar-refractivity contribution in [3.63, 3.8) is 0 Å². The molecule has 1 aromatic carbocycles. The number of sulfonamides is 1. The van der Waals surface area contributed by atoms with Crippen molar-refractivity contribution in [1.82, 2.24) is 4.72 Å². The highest BCUT2D eigenvalue weighted by molar-refractivity contribution is 9.09. The Hall–Kier alpha value is -0.600. The Morgan fingerprint density at radius 2 is 1.94 bits per heavy atom. The van der Waals surface area contributed by atoms with Gasteiger partial charge in [0.25, 0.3) is 0 Å². The van der Waals surface area contributed by atoms with Gasteiger partial charge in [-0.15, -0.1) is 0 Å². The lowest BCUT2D eigenvalue weighted by Crippen LogP contribution is -2.25. The third-order valence-electron chi connectivity index (χ3n) is 2.07. The second-order valence-electron chi connectivity index (χ2n) is 3.47. The topological polar surface area (TPSA) is 46.2 Å². The van der Waals surface area contributed by atoms with E-state index in [2.05, 4.69) is 20.7 Å². The van der Waals surface area contributed by atoms with Crippen LogP contribution in [0.5, 0.6) is 0 Å². The molecule has 0 heterocycles. The zero-order chi connectivity index (χ0) is 13.8. The summed E-state index contributed by atoms with van der Waals surface area (Å²) in [4.78, 5) is -0.383. The van der Waals surface area contributed by atoms with Crippen LogP contribution in [0.3, 0.4) is 0 Å². The Kier molecular flexibility index (Phi) is 5.18. The summed E-state index contributed by atoms with van der Waals surface area (Å²) in [6.07, 6.45) is -4.00. The fraction of sp³-hybridized carbons (Fsp3) is 0.400. The minimum absolute atomic E-state index is 0.170. The zero-order valence-electron chi connectivity index (χ0n) is 9.17. The van der Waals surface area contributed by atoms with E-state index in [1.54, 1.807) is 0 Å². The monoisotopic (exact) mass is 345 g/mol. The smallest absolute Gasteiger partial charge is 0.211 e. The average molecular weight is 346 g/mol. The van der Waals surface area contributed by atoms with Gasteiger partial charge in [-0.05, 0) is 24.6 Å². The van der Waals surface area contributed by atoms with Crippen LogP contribution in [-0.2, 0) is 16.2 Å². The minimum atomic E-state index is -4.55. The molecule has 0 bridgehead atoms. The van der Waals surface area contributed by atoms with Gasteiger partial charge in [0.05, 0.1) is 10.5 Å². The second-order valence-corrected chi connectivity index (χ2v) is 6.03. The maximum atomic E-state index is 12.4. The van der Waals surface area contributed by atoms with Crippen molar-refractivity contribution in [1.29, 1.82) is 0 Å². The lowest BCUT2D eigenvalue weighted by atomic mass is 10.2. The SMILES string of the molecule is O=S(=O)(NCCCBr)c1cccc(C(F)(F)F)c1. The standard InChI is InChI=1S/C10H11BrF3NO2S/c11-5-2-6-15-18(16,17)9-4-1-3-8(7-9)10(12,13)14/h1,3-4,7,15H,2,5-6H2. The Bertz CT molecular complexity index is 502. The minimum Gasteiger partial charge on any atom is -0.211 e. The molecule has 0 radical (unpaired) electrons. The maximum absolute atomic E-state index is 12.4. The lowest BCUT2D eigenvalue weighted by Gasteiger charge is -2.09. The number of nitrogens with one attached hydrogen (secondary N) is 1. The summed E-state index contributed by atoms with van der Waals surface area (Å²) in [5.41, 5.74) is -0.981. The molecule has 0 amide bonds. The number of alkyl halides is 4. The summed E-state index contributed by atoms with van der Waals surface area (Å²) in [5.74, 6) is 0. The van der Waals surface area contributed by atoms with E-state index in [0.717, 1.165) is 18.2 Å². The molecule has 8 heteroatoms. The molecular weight excluding hydrogens is 335 g/mol. The van der Waals surface area contributed by atoms with E-state index < -0.39 is 21.8 Å². The fourth-order valence-corrected chi connectivity index (χ4v) is 2.60. The molecule has 0 aliphatic rings. The van der Waals surface area contributed by atoms with Gasteiger partial charge in [0.1, 0.15) is 0 Å². The van der Waals surface area contributed by atoms with Crippen molar-refractivity contribution in [2.45, 2.75) is 17.5 Å². The fourth-order valence-electron chi connectivity index (χ4n) is 1.20. The van der Waals surface area contributed by atoms with E-state index in [4.69, 9.17) is 0 Å². The van der Waals surface area contributed by atoms with E-state index in [1.165, 1.54) is 0 Å². The van der Waals surface area contributed by atoms with Gasteiger partial charge in [-0.25, -0.2) is 13.1 Å². The van der Waals surface area contributed by atoms with Crippen LogP contribution >= 0.6 is 15.9 Å². The molecule has 0 fully saturated rings. The summed E-state index contributed by atoms with van der Waals surface area (Å²) in [7, 11) is -3.89. The number of hydrogen-bond donors (Lipinski definition) is 1. The number of benzene rings is 1. The molecule has 0 saturated carbocycles. The van der Waals surface area contributed by atoms with Gasteiger partial charge in [-0.2, -0.15) is 13.2 Å². The normalized spacial score (nSPS) is 12.7. The van der Waals surface area contributed by atoms with E-state index >= 15 is 0 Å². The van der Waals surface area contributed by atoms with Crippen LogP contribution in [0.15, 0.2) is 29.2 Å². The molecule has 0 saturated heterocycles. The second kappa shape index (κ2) is 6.03. The molecule has 0 atom stereocenters. The van der Waals surface area contributed by atoms with Crippen LogP contribution in [0.25, 0.3) is 0 Å². The first-order valence-corrected chi connectivity index (χ1v) is 7.61. The van der Waals surface area contributed by atoms with Gasteiger partial charge < -0.3 is 0 Å². The Balaban J connectivity index is 2.96. The largest absolute Gasteiger partial charge is 0.416 e. The zero-order valence-corrected chi connectivity index (χ0v) is 11.6. The van der Waals surface area contributed by atoms with Gasteiger partial charge in [-0.3, -0.25) is 0 Å². The van der Waals surface area contributed by atoms with Gasteiger partial charge in [0.2, 0.25) is 10.0 Å². The quantitative estimate of drug-likeness (QED) is 0.658. The highest BCUT2D eigenvalue weighted by atomic mass is 79.9. The van der Waals surface area contributed by atoms with Crippen molar-refractivity contribution in [3.8, 4) is 0 Å². The Morgan fingerprint density at radius 1 is 1.28 bits per heavy atom. The molecule has 102 valence electrons. The predicted octanol–water partition coefficient (Wildman–Crippen LogP) is 2.77. The predicted molar refractivity (Wildman–Crippen MR) is 65.0 cm³/mol. The van der Waals surface area contributed by atoms with Crippen molar-refractivity contribution in [2.75, 3.05) is 11.9 Å². The Morgan fingerprint density at radius 3 is 2.50 bits per heavy atom. The lowest BCUT2D eigenvalue weighted by molar-refractivity contribution is -0.137. The highest BCUT2D eigenvalue weighted by Gasteiger charge is 2.31. The molecule has 0 aliphatic carbocycles. The number of halogens is 4. The van der Waals surface area contributed by atoms with Crippen LogP contribution < -0.4 is 4.72 Å². The van der Waals surface area contributed by atoms with Crippen LogP contribution in [0.2, 0.25) is 0 Å². The van der Waals surface area contributed by atoms with Gasteiger partial charge >= 0.3 is 6.18 Å². The summed E-state index contributed by atoms with van der Waals surface area (Å²) < 4.78 is 62.9. The number of rotatable bonds is 5. The summed E-state index contributed by atoms with van der Waals surface area (Å²) in [6, 6.07) is 3.65. The molecule has 0 aliphatic heterocycles. The first-order chi connectivity index (χ1) is 8.27. The first kappa shape index (κ1) is 15.5. The van der Waals surface area contributed by atoms with Crippen molar-refractivity contribution < 1.29 is 21.6 Å². The molecule has 0 unspecified atom stereocenters. The van der Waals surface area contributed by atoms with Crippen molar-refractivity contribution >= 4 is 26.0 Å². The van der Waals surface area contributed by atoms with Gasteiger partial charge in [0, 0.05) is 11.9 Å². The molecule has 0 spiro atoms. The number of hydrogen-bond acceptors (Lipinski definition) is 2. The molecule has 1 N–H and O–H groups in total. The van der Waals surface area contributed by atoms with Crippen molar-refractivity contribution in [2.24, 2.45) is 0 Å². The molecule has 3 nitrogen and oxygen atoms in total. The van der Waals surface area contributed by atoms with E-state index in [-0.39, 0.29) is 11.4 Å². The van der Waals surface area contributed by atoms with Crippen LogP contribution in [0, 0.1) is 0 Å². The Labute approximate surface area is 112 Å². The van der Waals surface area contributed by atoms with E-state index in [9.17, 15) is 21.6 Å².